The predicted molar refractivity (Wildman–Crippen MR) is 56.5 cm³/mol. The van der Waals surface area contributed by atoms with E-state index in [9.17, 15) is 0 Å². The Balaban J connectivity index is 2.48. The molecule has 0 saturated carbocycles. The molecule has 0 amide bonds. The van der Waals surface area contributed by atoms with Crippen LogP contribution in [0.3, 0.4) is 0 Å². The Labute approximate surface area is 81.0 Å². The van der Waals surface area contributed by atoms with Crippen LogP contribution in [-0.2, 0) is 0 Å². The van der Waals surface area contributed by atoms with Crippen LogP contribution in [0.1, 0.15) is 26.7 Å². The van der Waals surface area contributed by atoms with E-state index in [1.54, 1.807) is 0 Å². The third-order valence-electron chi connectivity index (χ3n) is 2.76. The van der Waals surface area contributed by atoms with Gasteiger partial charge >= 0.3 is 0 Å². The summed E-state index contributed by atoms with van der Waals surface area (Å²) in [4.78, 5) is 2.43. The summed E-state index contributed by atoms with van der Waals surface area (Å²) < 4.78 is 0. The molecule has 1 heterocycles. The van der Waals surface area contributed by atoms with Crippen LogP contribution in [0.4, 0.5) is 0 Å². The molecule has 1 unspecified atom stereocenters. The fourth-order valence-corrected chi connectivity index (χ4v) is 1.95. The van der Waals surface area contributed by atoms with E-state index < -0.39 is 0 Å². The molecule has 1 aliphatic rings. The maximum Gasteiger partial charge on any atom is 0.0472 e. The molecule has 0 aromatic carbocycles. The second-order valence-corrected chi connectivity index (χ2v) is 3.59. The Bertz CT molecular complexity index is 162. The first-order valence-electron chi connectivity index (χ1n) is 5.31. The van der Waals surface area contributed by atoms with Gasteiger partial charge in [-0.3, -0.25) is 4.90 Å². The van der Waals surface area contributed by atoms with Gasteiger partial charge in [0.25, 0.3) is 0 Å². The molecule has 1 rings (SSSR count). The maximum atomic E-state index is 7.87. The van der Waals surface area contributed by atoms with Crippen LogP contribution >= 0.6 is 0 Å². The Morgan fingerprint density at radius 1 is 1.38 bits per heavy atom. The summed E-state index contributed by atoms with van der Waals surface area (Å²) in [7, 11) is 0. The van der Waals surface area contributed by atoms with Crippen LogP contribution in [0.2, 0.25) is 0 Å². The monoisotopic (exact) mass is 183 g/mol. The molecule has 2 N–H and O–H groups in total. The second kappa shape index (κ2) is 5.35. The average Bonchev–Trinajstić information content (AvgIpc) is 2.20. The van der Waals surface area contributed by atoms with E-state index in [1.165, 1.54) is 0 Å². The van der Waals surface area contributed by atoms with Crippen LogP contribution in [-0.4, -0.2) is 42.8 Å². The van der Waals surface area contributed by atoms with Gasteiger partial charge in [-0.25, -0.2) is 0 Å². The van der Waals surface area contributed by atoms with E-state index >= 15 is 0 Å². The van der Waals surface area contributed by atoms with Crippen LogP contribution in [0, 0.1) is 5.41 Å². The fourth-order valence-electron chi connectivity index (χ4n) is 1.95. The summed E-state index contributed by atoms with van der Waals surface area (Å²) in [6.45, 7) is 8.60. The van der Waals surface area contributed by atoms with Crippen LogP contribution in [0.25, 0.3) is 0 Å². The lowest BCUT2D eigenvalue weighted by Gasteiger charge is -2.34. The molecule has 76 valence electrons. The van der Waals surface area contributed by atoms with Gasteiger partial charge in [0.2, 0.25) is 0 Å². The lowest BCUT2D eigenvalue weighted by atomic mass is 10.0. The Morgan fingerprint density at radius 3 is 2.46 bits per heavy atom. The number of hydrogen-bond acceptors (Lipinski definition) is 3. The molecule has 1 saturated heterocycles. The van der Waals surface area contributed by atoms with Crippen LogP contribution in [0.5, 0.6) is 0 Å². The maximum absolute atomic E-state index is 7.87. The molecule has 0 aromatic heterocycles. The Morgan fingerprint density at radius 2 is 2.00 bits per heavy atom. The molecule has 13 heavy (non-hydrogen) atoms. The quantitative estimate of drug-likeness (QED) is 0.641. The molecule has 3 heteroatoms. The summed E-state index contributed by atoms with van der Waals surface area (Å²) >= 11 is 0. The number of hydrogen-bond donors (Lipinski definition) is 2. The van der Waals surface area contributed by atoms with E-state index in [-0.39, 0.29) is 0 Å². The highest BCUT2D eigenvalue weighted by Crippen LogP contribution is 2.08. The molecule has 1 atom stereocenters. The minimum Gasteiger partial charge on any atom is -0.314 e. The van der Waals surface area contributed by atoms with Gasteiger partial charge in [-0.1, -0.05) is 13.8 Å². The van der Waals surface area contributed by atoms with Crippen molar-refractivity contribution in [3.63, 3.8) is 0 Å². The zero-order chi connectivity index (χ0) is 9.68. The van der Waals surface area contributed by atoms with Crippen molar-refractivity contribution in [2.45, 2.75) is 32.7 Å². The number of rotatable bonds is 4. The fraction of sp³-hybridized carbons (Fsp3) is 0.900. The van der Waals surface area contributed by atoms with Crippen molar-refractivity contribution in [3.8, 4) is 0 Å². The highest BCUT2D eigenvalue weighted by Gasteiger charge is 2.21. The third kappa shape index (κ3) is 2.78. The Kier molecular flexibility index (Phi) is 4.39. The normalized spacial score (nSPS) is 21.4. The standard InChI is InChI=1S/C10H21N3/c1-3-9(11)10(4-2)13-7-5-12-6-8-13/h10-12H,3-8H2,1-2H3. The molecule has 3 nitrogen and oxygen atoms in total. The van der Waals surface area contributed by atoms with Gasteiger partial charge in [0.05, 0.1) is 0 Å². The van der Waals surface area contributed by atoms with Gasteiger partial charge in [0.15, 0.2) is 0 Å². The number of nitrogens with zero attached hydrogens (tertiary/aromatic N) is 1. The van der Waals surface area contributed by atoms with E-state index in [0.29, 0.717) is 6.04 Å². The summed E-state index contributed by atoms with van der Waals surface area (Å²) in [6, 6.07) is 0.395. The van der Waals surface area contributed by atoms with Gasteiger partial charge in [-0.15, -0.1) is 0 Å². The van der Waals surface area contributed by atoms with E-state index in [1.807, 2.05) is 0 Å². The van der Waals surface area contributed by atoms with Crippen molar-refractivity contribution in [2.24, 2.45) is 0 Å². The topological polar surface area (TPSA) is 39.1 Å². The van der Waals surface area contributed by atoms with Crippen molar-refractivity contribution >= 4 is 5.71 Å². The molecular weight excluding hydrogens is 162 g/mol. The smallest absolute Gasteiger partial charge is 0.0472 e. The first-order chi connectivity index (χ1) is 6.29. The van der Waals surface area contributed by atoms with Crippen LogP contribution in [0.15, 0.2) is 0 Å². The van der Waals surface area contributed by atoms with Gasteiger partial charge < -0.3 is 10.7 Å². The minimum atomic E-state index is 0.395. The zero-order valence-electron chi connectivity index (χ0n) is 8.77. The molecular formula is C10H21N3. The highest BCUT2D eigenvalue weighted by molar-refractivity contribution is 5.86. The molecule has 1 fully saturated rings. The lowest BCUT2D eigenvalue weighted by molar-refractivity contribution is 0.207. The van der Waals surface area contributed by atoms with Crippen molar-refractivity contribution in [1.82, 2.24) is 10.2 Å². The SMILES string of the molecule is CCC(=N)C(CC)N1CCNCC1. The third-order valence-corrected chi connectivity index (χ3v) is 2.76. The van der Waals surface area contributed by atoms with Crippen LogP contribution < -0.4 is 5.32 Å². The van der Waals surface area contributed by atoms with E-state index in [0.717, 1.165) is 44.7 Å². The molecule has 0 aromatic rings. The Hall–Kier alpha value is -0.410. The summed E-state index contributed by atoms with van der Waals surface area (Å²) in [5, 5.41) is 11.2. The molecule has 1 aliphatic heterocycles. The van der Waals surface area contributed by atoms with Crippen molar-refractivity contribution in [1.29, 1.82) is 5.41 Å². The average molecular weight is 183 g/mol. The first kappa shape index (κ1) is 10.7. The predicted octanol–water partition coefficient (Wildman–Crippen LogP) is 1.10. The molecule has 0 radical (unpaired) electrons. The van der Waals surface area contributed by atoms with Gasteiger partial charge in [0.1, 0.15) is 0 Å². The second-order valence-electron chi connectivity index (χ2n) is 3.59. The number of nitrogens with one attached hydrogen (secondary N) is 2. The molecule has 0 bridgehead atoms. The largest absolute Gasteiger partial charge is 0.314 e. The highest BCUT2D eigenvalue weighted by atomic mass is 15.2. The summed E-state index contributed by atoms with van der Waals surface area (Å²) in [5.41, 5.74) is 0.893. The van der Waals surface area contributed by atoms with E-state index in [4.69, 9.17) is 5.41 Å². The van der Waals surface area contributed by atoms with Gasteiger partial charge in [-0.05, 0) is 12.8 Å². The van der Waals surface area contributed by atoms with Crippen molar-refractivity contribution in [2.75, 3.05) is 26.2 Å². The summed E-state index contributed by atoms with van der Waals surface area (Å²) in [5.74, 6) is 0. The van der Waals surface area contributed by atoms with Gasteiger partial charge in [0, 0.05) is 37.9 Å². The summed E-state index contributed by atoms with van der Waals surface area (Å²) in [6.07, 6.45) is 1.97. The first-order valence-corrected chi connectivity index (χ1v) is 5.31. The van der Waals surface area contributed by atoms with E-state index in [2.05, 4.69) is 24.1 Å². The van der Waals surface area contributed by atoms with Crippen molar-refractivity contribution < 1.29 is 0 Å². The lowest BCUT2D eigenvalue weighted by Crippen LogP contribution is -2.50. The van der Waals surface area contributed by atoms with Gasteiger partial charge in [-0.2, -0.15) is 0 Å². The van der Waals surface area contributed by atoms with Crippen molar-refractivity contribution in [3.05, 3.63) is 0 Å². The molecule has 0 spiro atoms. The number of piperazine rings is 1. The minimum absolute atomic E-state index is 0.395. The zero-order valence-corrected chi connectivity index (χ0v) is 8.77. The molecule has 0 aliphatic carbocycles.